The molecule has 15 heteroatoms. The standard InChI is InChI=1S/C12H7ClF2N2O.C8H10ClN3O2.C6H3BrF2/c13-9-5-4-6(12(16)17-9)11(18)10-7(14)2-1-3-8(10)15;1-12(14-2)8(13)5-3-4-6(9)11-7(5)10;7-6-4(8)2-1-3-5(6)9/h1-5H,(H2,16,17);3-4H,1-2H3,(H2,10,11);1-3H. The van der Waals surface area contributed by atoms with Gasteiger partial charge in [0.2, 0.25) is 5.78 Å². The Morgan fingerprint density at radius 2 is 1.20 bits per heavy atom. The maximum Gasteiger partial charge on any atom is 0.280 e. The number of carbonyl (C=O) groups excluding carboxylic acids is 2. The van der Waals surface area contributed by atoms with Crippen molar-refractivity contribution in [1.82, 2.24) is 15.0 Å². The van der Waals surface area contributed by atoms with E-state index in [0.717, 1.165) is 17.2 Å². The number of aromatic nitrogens is 2. The van der Waals surface area contributed by atoms with E-state index in [9.17, 15) is 27.2 Å². The minimum Gasteiger partial charge on any atom is -0.383 e. The molecule has 216 valence electrons. The molecule has 0 spiro atoms. The lowest BCUT2D eigenvalue weighted by atomic mass is 10.0. The zero-order valence-corrected chi connectivity index (χ0v) is 24.2. The number of hydroxylamine groups is 2. The topological polar surface area (TPSA) is 124 Å². The summed E-state index contributed by atoms with van der Waals surface area (Å²) in [5, 5.41) is 1.40. The number of benzene rings is 2. The van der Waals surface area contributed by atoms with Crippen LogP contribution in [-0.2, 0) is 4.84 Å². The van der Waals surface area contributed by atoms with Gasteiger partial charge in [0.15, 0.2) is 0 Å². The lowest BCUT2D eigenvalue weighted by molar-refractivity contribution is -0.0756. The van der Waals surface area contributed by atoms with Gasteiger partial charge in [0.25, 0.3) is 5.91 Å². The number of pyridine rings is 2. The van der Waals surface area contributed by atoms with E-state index in [1.54, 1.807) is 0 Å². The first-order valence-electron chi connectivity index (χ1n) is 11.0. The van der Waals surface area contributed by atoms with Crippen molar-refractivity contribution in [3.8, 4) is 0 Å². The maximum atomic E-state index is 13.4. The average Bonchev–Trinajstić information content (AvgIpc) is 2.91. The molecule has 41 heavy (non-hydrogen) atoms. The third-order valence-electron chi connectivity index (χ3n) is 4.91. The number of ketones is 1. The molecule has 0 radical (unpaired) electrons. The molecule has 0 saturated heterocycles. The van der Waals surface area contributed by atoms with Crippen LogP contribution in [0.25, 0.3) is 0 Å². The molecule has 2 aromatic carbocycles. The first-order chi connectivity index (χ1) is 19.3. The number of nitrogens with two attached hydrogens (primary N) is 2. The number of anilines is 2. The molecule has 2 heterocycles. The molecule has 4 N–H and O–H groups in total. The Morgan fingerprint density at radius 3 is 1.59 bits per heavy atom. The van der Waals surface area contributed by atoms with Crippen LogP contribution >= 0.6 is 39.1 Å². The Hall–Kier alpha value is -3.78. The van der Waals surface area contributed by atoms with Crippen molar-refractivity contribution in [2.75, 3.05) is 25.6 Å². The Morgan fingerprint density at radius 1 is 0.780 bits per heavy atom. The number of amides is 1. The van der Waals surface area contributed by atoms with E-state index in [1.807, 2.05) is 0 Å². The molecule has 0 fully saturated rings. The number of nitrogen functional groups attached to an aromatic ring is 2. The van der Waals surface area contributed by atoms with Crippen LogP contribution in [0, 0.1) is 23.3 Å². The molecule has 0 aliphatic rings. The van der Waals surface area contributed by atoms with Gasteiger partial charge in [-0.25, -0.2) is 32.6 Å². The van der Waals surface area contributed by atoms with Crippen molar-refractivity contribution in [3.05, 3.63) is 115 Å². The number of nitrogens with zero attached hydrogens (tertiary/aromatic N) is 3. The monoisotopic (exact) mass is 675 g/mol. The highest BCUT2D eigenvalue weighted by atomic mass is 79.9. The average molecular weight is 677 g/mol. The molecule has 0 aliphatic carbocycles. The Balaban J connectivity index is 0.000000228. The van der Waals surface area contributed by atoms with Gasteiger partial charge in [-0.3, -0.25) is 14.4 Å². The van der Waals surface area contributed by atoms with E-state index in [0.29, 0.717) is 0 Å². The van der Waals surface area contributed by atoms with Gasteiger partial charge in [-0.15, -0.1) is 0 Å². The quantitative estimate of drug-likeness (QED) is 0.0831. The third kappa shape index (κ3) is 9.11. The van der Waals surface area contributed by atoms with Crippen LogP contribution in [0.15, 0.2) is 65.1 Å². The van der Waals surface area contributed by atoms with Crippen LogP contribution in [-0.4, -0.2) is 40.9 Å². The molecule has 1 amide bonds. The number of hydrogen-bond donors (Lipinski definition) is 2. The summed E-state index contributed by atoms with van der Waals surface area (Å²) in [6, 6.07) is 12.5. The predicted molar refractivity (Wildman–Crippen MR) is 150 cm³/mol. The van der Waals surface area contributed by atoms with Crippen LogP contribution < -0.4 is 11.5 Å². The number of rotatable bonds is 4. The fraction of sp³-hybridized carbons (Fsp3) is 0.0769. The number of carbonyl (C=O) groups is 2. The molecule has 0 unspecified atom stereocenters. The summed E-state index contributed by atoms with van der Waals surface area (Å²) in [6.45, 7) is 0. The van der Waals surface area contributed by atoms with Crippen molar-refractivity contribution in [3.63, 3.8) is 0 Å². The second kappa shape index (κ2) is 15.3. The van der Waals surface area contributed by atoms with Crippen molar-refractivity contribution in [2.45, 2.75) is 0 Å². The van der Waals surface area contributed by atoms with E-state index in [4.69, 9.17) is 39.5 Å². The van der Waals surface area contributed by atoms with Gasteiger partial charge in [0.05, 0.1) is 28.3 Å². The fourth-order valence-corrected chi connectivity index (χ4v) is 3.42. The summed E-state index contributed by atoms with van der Waals surface area (Å²) in [4.78, 5) is 35.7. The molecule has 2 aromatic heterocycles. The normalized spacial score (nSPS) is 10.1. The Bertz CT molecular complexity index is 1530. The van der Waals surface area contributed by atoms with E-state index >= 15 is 0 Å². The van der Waals surface area contributed by atoms with Gasteiger partial charge in [0, 0.05) is 7.05 Å². The van der Waals surface area contributed by atoms with Gasteiger partial charge >= 0.3 is 0 Å². The van der Waals surface area contributed by atoms with E-state index in [-0.39, 0.29) is 43.4 Å². The smallest absolute Gasteiger partial charge is 0.280 e. The van der Waals surface area contributed by atoms with Gasteiger partial charge in [-0.1, -0.05) is 35.3 Å². The summed E-state index contributed by atoms with van der Waals surface area (Å²) in [7, 11) is 2.87. The zero-order valence-electron chi connectivity index (χ0n) is 21.1. The van der Waals surface area contributed by atoms with Gasteiger partial charge in [-0.2, -0.15) is 0 Å². The summed E-state index contributed by atoms with van der Waals surface area (Å²) in [5.41, 5.74) is 10.5. The van der Waals surface area contributed by atoms with Crippen molar-refractivity contribution >= 4 is 62.5 Å². The van der Waals surface area contributed by atoms with Crippen LogP contribution in [0.3, 0.4) is 0 Å². The molecule has 0 saturated carbocycles. The minimum absolute atomic E-state index is 0.0893. The molecule has 4 aromatic rings. The van der Waals surface area contributed by atoms with Crippen LogP contribution in [0.2, 0.25) is 10.3 Å². The molecular formula is C26H20BrCl2F4N5O3. The fourth-order valence-electron chi connectivity index (χ4n) is 2.85. The maximum absolute atomic E-state index is 13.4. The second-order valence-corrected chi connectivity index (χ2v) is 9.15. The van der Waals surface area contributed by atoms with Crippen molar-refractivity contribution in [2.24, 2.45) is 0 Å². The number of halogens is 7. The lowest BCUT2D eigenvalue weighted by Crippen LogP contribution is -2.26. The highest BCUT2D eigenvalue weighted by Crippen LogP contribution is 2.21. The van der Waals surface area contributed by atoms with Crippen LogP contribution in [0.5, 0.6) is 0 Å². The van der Waals surface area contributed by atoms with Gasteiger partial charge in [-0.05, 0) is 64.5 Å². The molecular weight excluding hydrogens is 657 g/mol. The SMILES string of the molecule is CON(C)C(=O)c1ccc(Cl)nc1N.Fc1cccc(F)c1Br.Nc1nc(Cl)ccc1C(=O)c1c(F)cccc1F. The first-order valence-corrected chi connectivity index (χ1v) is 12.6. The first kappa shape index (κ1) is 33.4. The highest BCUT2D eigenvalue weighted by molar-refractivity contribution is 9.10. The van der Waals surface area contributed by atoms with E-state index < -0.39 is 34.6 Å². The summed E-state index contributed by atoms with van der Waals surface area (Å²) in [5.74, 6) is -4.36. The molecule has 0 bridgehead atoms. The molecule has 0 aliphatic heterocycles. The van der Waals surface area contributed by atoms with Crippen molar-refractivity contribution < 1.29 is 32.0 Å². The van der Waals surface area contributed by atoms with Gasteiger partial charge < -0.3 is 11.5 Å². The highest BCUT2D eigenvalue weighted by Gasteiger charge is 2.21. The Kier molecular flexibility index (Phi) is 12.5. The summed E-state index contributed by atoms with van der Waals surface area (Å²) >= 11 is 13.9. The van der Waals surface area contributed by atoms with Crippen LogP contribution in [0.4, 0.5) is 29.2 Å². The van der Waals surface area contributed by atoms with Crippen molar-refractivity contribution in [1.29, 1.82) is 0 Å². The van der Waals surface area contributed by atoms with Gasteiger partial charge in [0.1, 0.15) is 45.2 Å². The molecule has 8 nitrogen and oxygen atoms in total. The predicted octanol–water partition coefficient (Wildman–Crippen LogP) is 6.50. The summed E-state index contributed by atoms with van der Waals surface area (Å²) in [6.07, 6.45) is 0. The molecule has 0 atom stereocenters. The largest absolute Gasteiger partial charge is 0.383 e. The third-order valence-corrected chi connectivity index (χ3v) is 6.09. The summed E-state index contributed by atoms with van der Waals surface area (Å²) < 4.78 is 51.4. The lowest BCUT2D eigenvalue weighted by Gasteiger charge is -2.14. The molecule has 4 rings (SSSR count). The second-order valence-electron chi connectivity index (χ2n) is 7.58. The Labute approximate surface area is 249 Å². The van der Waals surface area contributed by atoms with Crippen LogP contribution in [0.1, 0.15) is 26.3 Å². The zero-order chi connectivity index (χ0) is 30.9. The minimum atomic E-state index is -0.950. The van der Waals surface area contributed by atoms with E-state index in [2.05, 4.69) is 25.9 Å². The number of hydrogen-bond acceptors (Lipinski definition) is 7. The van der Waals surface area contributed by atoms with E-state index in [1.165, 1.54) is 62.7 Å².